The van der Waals surface area contributed by atoms with Crippen LogP contribution < -0.4 is 5.32 Å². The molecule has 18 heavy (non-hydrogen) atoms. The van der Waals surface area contributed by atoms with Gasteiger partial charge in [-0.05, 0) is 37.4 Å². The van der Waals surface area contributed by atoms with Crippen molar-refractivity contribution >= 4 is 9.84 Å². The summed E-state index contributed by atoms with van der Waals surface area (Å²) in [6, 6.07) is 6.14. The van der Waals surface area contributed by atoms with Gasteiger partial charge in [-0.3, -0.25) is 0 Å². The Morgan fingerprint density at radius 3 is 2.61 bits per heavy atom. The summed E-state index contributed by atoms with van der Waals surface area (Å²) in [4.78, 5) is 0. The fraction of sp³-hybridized carbons (Fsp3) is 0.571. The maximum Gasteiger partial charge on any atom is 0.152 e. The third-order valence-corrected chi connectivity index (χ3v) is 5.39. The van der Waals surface area contributed by atoms with Crippen LogP contribution in [0.25, 0.3) is 0 Å². The molecule has 0 spiro atoms. The molecule has 0 radical (unpaired) electrons. The van der Waals surface area contributed by atoms with Crippen LogP contribution in [0.1, 0.15) is 29.7 Å². The minimum absolute atomic E-state index is 0.0689. The lowest BCUT2D eigenvalue weighted by molar-refractivity contribution is 0.516. The molecule has 1 saturated heterocycles. The first-order chi connectivity index (χ1) is 8.37. The van der Waals surface area contributed by atoms with Gasteiger partial charge in [0.1, 0.15) is 0 Å². The van der Waals surface area contributed by atoms with Crippen LogP contribution in [0.2, 0.25) is 0 Å². The van der Waals surface area contributed by atoms with E-state index < -0.39 is 9.84 Å². The van der Waals surface area contributed by atoms with Gasteiger partial charge in [-0.2, -0.15) is 0 Å². The van der Waals surface area contributed by atoms with Gasteiger partial charge in [-0.25, -0.2) is 8.42 Å². The molecule has 1 heterocycles. The molecule has 1 aromatic rings. The molecule has 1 aliphatic rings. The van der Waals surface area contributed by atoms with E-state index in [-0.39, 0.29) is 17.7 Å². The van der Waals surface area contributed by atoms with E-state index in [4.69, 9.17) is 0 Å². The van der Waals surface area contributed by atoms with Gasteiger partial charge in [0.25, 0.3) is 0 Å². The molecule has 1 fully saturated rings. The lowest BCUT2D eigenvalue weighted by Gasteiger charge is -2.18. The van der Waals surface area contributed by atoms with E-state index in [9.17, 15) is 8.42 Å². The van der Waals surface area contributed by atoms with Gasteiger partial charge in [-0.1, -0.05) is 30.7 Å². The molecule has 4 heteroatoms. The predicted molar refractivity (Wildman–Crippen MR) is 74.5 cm³/mol. The first-order valence-electron chi connectivity index (χ1n) is 6.38. The molecule has 2 unspecified atom stereocenters. The molecule has 0 aromatic heterocycles. The highest BCUT2D eigenvalue weighted by molar-refractivity contribution is 7.91. The number of rotatable bonds is 1. The van der Waals surface area contributed by atoms with Gasteiger partial charge in [0.15, 0.2) is 9.84 Å². The van der Waals surface area contributed by atoms with Gasteiger partial charge in [0.05, 0.1) is 11.5 Å². The standard InChI is InChI=1S/C14H21NO2S/c1-10-4-5-13(12(3)6-10)14-9-18(16,17)8-11(2)7-15-14/h4-6,11,14-15H,7-9H2,1-3H3. The minimum atomic E-state index is -2.96. The van der Waals surface area contributed by atoms with Crippen LogP contribution in [0.5, 0.6) is 0 Å². The van der Waals surface area contributed by atoms with Crippen molar-refractivity contribution < 1.29 is 8.42 Å². The van der Waals surface area contributed by atoms with Crippen LogP contribution in [0.15, 0.2) is 18.2 Å². The Morgan fingerprint density at radius 1 is 1.22 bits per heavy atom. The van der Waals surface area contributed by atoms with Crippen molar-refractivity contribution in [2.24, 2.45) is 5.92 Å². The Hall–Kier alpha value is -0.870. The summed E-state index contributed by atoms with van der Waals surface area (Å²) in [5.41, 5.74) is 3.48. The molecular formula is C14H21NO2S. The zero-order valence-corrected chi connectivity index (χ0v) is 12.0. The summed E-state index contributed by atoms with van der Waals surface area (Å²) in [6.45, 7) is 6.84. The fourth-order valence-electron chi connectivity index (χ4n) is 2.63. The third kappa shape index (κ3) is 3.12. The Kier molecular flexibility index (Phi) is 3.78. The molecule has 1 aromatic carbocycles. The zero-order valence-electron chi connectivity index (χ0n) is 11.2. The molecule has 2 atom stereocenters. The second kappa shape index (κ2) is 5.02. The highest BCUT2D eigenvalue weighted by Crippen LogP contribution is 2.23. The summed E-state index contributed by atoms with van der Waals surface area (Å²) in [7, 11) is -2.96. The maximum absolute atomic E-state index is 12.0. The van der Waals surface area contributed by atoms with Gasteiger partial charge in [0.2, 0.25) is 0 Å². The predicted octanol–water partition coefficient (Wildman–Crippen LogP) is 2.00. The highest BCUT2D eigenvalue weighted by Gasteiger charge is 2.27. The lowest BCUT2D eigenvalue weighted by atomic mass is 10.00. The van der Waals surface area contributed by atoms with Crippen molar-refractivity contribution in [1.82, 2.24) is 5.32 Å². The van der Waals surface area contributed by atoms with Gasteiger partial charge in [0, 0.05) is 6.04 Å². The highest BCUT2D eigenvalue weighted by atomic mass is 32.2. The van der Waals surface area contributed by atoms with Crippen LogP contribution in [0.3, 0.4) is 0 Å². The van der Waals surface area contributed by atoms with E-state index in [0.29, 0.717) is 5.75 Å². The second-order valence-corrected chi connectivity index (χ2v) is 7.66. The summed E-state index contributed by atoms with van der Waals surface area (Å²) < 4.78 is 24.0. The van der Waals surface area contributed by atoms with Gasteiger partial charge < -0.3 is 5.32 Å². The zero-order chi connectivity index (χ0) is 13.3. The average molecular weight is 267 g/mol. The average Bonchev–Trinajstić information content (AvgIpc) is 2.36. The van der Waals surface area contributed by atoms with Crippen molar-refractivity contribution in [2.45, 2.75) is 26.8 Å². The monoisotopic (exact) mass is 267 g/mol. The Balaban J connectivity index is 2.32. The minimum Gasteiger partial charge on any atom is -0.309 e. The number of aryl methyl sites for hydroxylation is 2. The summed E-state index contributed by atoms with van der Waals surface area (Å²) in [6.07, 6.45) is 0. The lowest BCUT2D eigenvalue weighted by Crippen LogP contribution is -2.27. The van der Waals surface area contributed by atoms with Gasteiger partial charge >= 0.3 is 0 Å². The number of benzene rings is 1. The third-order valence-electron chi connectivity index (χ3n) is 3.47. The SMILES string of the molecule is Cc1ccc(C2CS(=O)(=O)CC(C)CN2)c(C)c1. The molecule has 3 nitrogen and oxygen atoms in total. The quantitative estimate of drug-likeness (QED) is 0.846. The first-order valence-corrected chi connectivity index (χ1v) is 8.20. The van der Waals surface area contributed by atoms with Crippen molar-refractivity contribution in [3.05, 3.63) is 34.9 Å². The number of hydrogen-bond acceptors (Lipinski definition) is 3. The van der Waals surface area contributed by atoms with E-state index >= 15 is 0 Å². The first kappa shape index (κ1) is 13.6. The fourth-order valence-corrected chi connectivity index (χ4v) is 4.56. The van der Waals surface area contributed by atoms with Crippen molar-refractivity contribution in [3.63, 3.8) is 0 Å². The van der Waals surface area contributed by atoms with Crippen LogP contribution in [0.4, 0.5) is 0 Å². The molecule has 1 aliphatic heterocycles. The van der Waals surface area contributed by atoms with Crippen LogP contribution in [0, 0.1) is 19.8 Å². The normalized spacial score (nSPS) is 27.7. The van der Waals surface area contributed by atoms with Gasteiger partial charge in [-0.15, -0.1) is 0 Å². The van der Waals surface area contributed by atoms with Crippen LogP contribution >= 0.6 is 0 Å². The van der Waals surface area contributed by atoms with Crippen molar-refractivity contribution in [2.75, 3.05) is 18.1 Å². The summed E-state index contributed by atoms with van der Waals surface area (Å²) >= 11 is 0. The number of sulfone groups is 1. The Morgan fingerprint density at radius 2 is 1.94 bits per heavy atom. The molecule has 1 N–H and O–H groups in total. The van der Waals surface area contributed by atoms with E-state index in [1.807, 2.05) is 26.0 Å². The molecule has 2 rings (SSSR count). The summed E-state index contributed by atoms with van der Waals surface area (Å²) in [5.74, 6) is 0.689. The van der Waals surface area contributed by atoms with Crippen molar-refractivity contribution in [3.8, 4) is 0 Å². The molecule has 0 bridgehead atoms. The maximum atomic E-state index is 12.0. The molecule has 100 valence electrons. The number of hydrogen-bond donors (Lipinski definition) is 1. The molecule has 0 aliphatic carbocycles. The van der Waals surface area contributed by atoms with E-state index in [0.717, 1.165) is 17.7 Å². The second-order valence-electron chi connectivity index (χ2n) is 5.50. The van der Waals surface area contributed by atoms with Crippen LogP contribution in [-0.4, -0.2) is 26.5 Å². The number of nitrogens with one attached hydrogen (secondary N) is 1. The molecule has 0 amide bonds. The largest absolute Gasteiger partial charge is 0.309 e. The molecular weight excluding hydrogens is 246 g/mol. The van der Waals surface area contributed by atoms with Crippen molar-refractivity contribution in [1.29, 1.82) is 0 Å². The topological polar surface area (TPSA) is 46.2 Å². The molecule has 0 saturated carbocycles. The summed E-state index contributed by atoms with van der Waals surface area (Å²) in [5, 5.41) is 3.38. The Labute approximate surface area is 110 Å². The Bertz CT molecular complexity index is 537. The van der Waals surface area contributed by atoms with Crippen LogP contribution in [-0.2, 0) is 9.84 Å². The van der Waals surface area contributed by atoms with E-state index in [1.165, 1.54) is 5.56 Å². The van der Waals surface area contributed by atoms with E-state index in [1.54, 1.807) is 0 Å². The smallest absolute Gasteiger partial charge is 0.152 e. The van der Waals surface area contributed by atoms with E-state index in [2.05, 4.69) is 18.3 Å².